The van der Waals surface area contributed by atoms with Crippen LogP contribution in [-0.2, 0) is 9.13 Å². The fourth-order valence-corrected chi connectivity index (χ4v) is 15.5. The van der Waals surface area contributed by atoms with Gasteiger partial charge in [-0.1, -0.05) is 0 Å². The first-order valence-corrected chi connectivity index (χ1v) is 36.7. The smallest absolute Gasteiger partial charge is 0.294 e. The second-order valence-corrected chi connectivity index (χ2v) is 31.6. The number of nitro groups is 1. The van der Waals surface area contributed by atoms with E-state index >= 15 is 0 Å². The SMILES string of the molecule is CN1CCN(C2CCN(c3ccc(Nc4ncc(Br)c(Nc5ccc6nccnc6c5P(C)(C)=O)n4)cc3N)CC2)CC1.CN1CCN(C2CCN(c3ccc(Nc4ncc(Br)c(Nc5ccc6nccnc6c5P(C)(C)=O)n4)cc3[N+](=O)[O-])CC2)CC1.CO. The number of aliphatic hydroxyl groups excluding tert-OH is 1. The number of likely N-dealkylation sites (N-methyl/N-ethyl adjacent to an activating group) is 2. The Balaban J connectivity index is 0.000000193. The average Bonchev–Trinajstić information content (AvgIpc) is 0.905. The van der Waals surface area contributed by atoms with Crippen molar-refractivity contribution in [2.45, 2.75) is 37.8 Å². The minimum Gasteiger partial charge on any atom is -0.400 e. The monoisotopic (exact) mass is 1390 g/mol. The molecule has 0 amide bonds. The molecule has 4 aromatic heterocycles. The molecule has 29 heteroatoms. The molecule has 4 aliphatic heterocycles. The van der Waals surface area contributed by atoms with Gasteiger partial charge in [-0.3, -0.25) is 39.9 Å². The first-order valence-electron chi connectivity index (χ1n) is 29.9. The average molecular weight is 1390 g/mol. The van der Waals surface area contributed by atoms with Crippen LogP contribution in [0.1, 0.15) is 25.7 Å². The van der Waals surface area contributed by atoms with E-state index in [0.717, 1.165) is 128 Å². The van der Waals surface area contributed by atoms with E-state index in [1.54, 1.807) is 69.9 Å². The molecule has 0 saturated carbocycles. The van der Waals surface area contributed by atoms with E-state index in [4.69, 9.17) is 15.8 Å². The third kappa shape index (κ3) is 15.8. The Hall–Kier alpha value is -7.06. The number of nitrogens with one attached hydrogen (secondary N) is 4. The number of nitro benzene ring substituents is 1. The quantitative estimate of drug-likeness (QED) is 0.0241. The van der Waals surface area contributed by atoms with Gasteiger partial charge in [0.05, 0.1) is 58.3 Å². The second-order valence-electron chi connectivity index (χ2n) is 23.6. The first-order chi connectivity index (χ1) is 43.2. The van der Waals surface area contributed by atoms with Gasteiger partial charge in [0, 0.05) is 152 Å². The molecule has 0 unspecified atom stereocenters. The molecule has 4 fully saturated rings. The van der Waals surface area contributed by atoms with Crippen molar-refractivity contribution in [1.29, 1.82) is 0 Å². The summed E-state index contributed by atoms with van der Waals surface area (Å²) in [5, 5.41) is 33.4. The summed E-state index contributed by atoms with van der Waals surface area (Å²) in [6, 6.07) is 19.7. The topological polar surface area (TPSA) is 294 Å². The van der Waals surface area contributed by atoms with Crippen molar-refractivity contribution < 1.29 is 19.2 Å². The van der Waals surface area contributed by atoms with Crippen LogP contribution in [0.15, 0.2) is 107 Å². The van der Waals surface area contributed by atoms with E-state index in [1.807, 2.05) is 42.5 Å². The third-order valence-electron chi connectivity index (χ3n) is 16.7. The molecule has 8 aromatic rings. The lowest BCUT2D eigenvalue weighted by molar-refractivity contribution is -0.384. The van der Waals surface area contributed by atoms with Gasteiger partial charge in [-0.25, -0.2) is 9.97 Å². The summed E-state index contributed by atoms with van der Waals surface area (Å²) in [6.45, 7) is 19.4. The highest BCUT2D eigenvalue weighted by Gasteiger charge is 2.32. The van der Waals surface area contributed by atoms with Gasteiger partial charge in [0.15, 0.2) is 0 Å². The van der Waals surface area contributed by atoms with Crippen LogP contribution in [0.2, 0.25) is 0 Å². The largest absolute Gasteiger partial charge is 0.400 e. The second kappa shape index (κ2) is 29.0. The minimum absolute atomic E-state index is 0.0390. The molecule has 4 saturated heterocycles. The summed E-state index contributed by atoms with van der Waals surface area (Å²) in [6.07, 6.45) is 14.0. The zero-order valence-electron chi connectivity index (χ0n) is 51.7. The summed E-state index contributed by atoms with van der Waals surface area (Å²) < 4.78 is 27.9. The zero-order chi connectivity index (χ0) is 63.9. The molecule has 8 heterocycles. The van der Waals surface area contributed by atoms with Crippen molar-refractivity contribution in [3.05, 3.63) is 117 Å². The standard InChI is InChI=1S/C30H36BrN10O3P.C30H38BrN10OP.CH4O/c1-38-14-16-39(17-15-38)21-8-12-40(13-9-21)25-7-4-20(18-26(25)41(42)43)35-30-34-19-22(31)29(37-30)36-24-6-5-23-27(33-11-10-32-23)28(24)45(2,3)44;1-39-14-16-40(17-15-39)21-8-12-41(13-9-21)26-7-4-20(18-23(26)32)36-30-35-19-22(31)29(38-30)37-25-6-5-24-27(34-11-10-33-24)28(25)43(2,3)42;1-2/h4-7,10-11,18-19,21H,8-9,12-17H2,1-3H3,(H2,34,35,36,37);4-7,10-11,18-19,21H,8-9,12-17,32H2,1-3H3,(H2,35,36,37,38);2H,1H3. The van der Waals surface area contributed by atoms with Gasteiger partial charge in [-0.2, -0.15) is 9.97 Å². The molecule has 0 aliphatic carbocycles. The maximum absolute atomic E-state index is 13.3. The number of piperidine rings is 2. The number of rotatable bonds is 15. The fraction of sp³-hybridized carbons (Fsp3) is 0.410. The van der Waals surface area contributed by atoms with E-state index in [2.05, 4.69) is 138 Å². The van der Waals surface area contributed by atoms with Crippen LogP contribution in [0.25, 0.3) is 22.1 Å². The van der Waals surface area contributed by atoms with Gasteiger partial charge in [0.1, 0.15) is 42.6 Å². The molecule has 0 bridgehead atoms. The highest BCUT2D eigenvalue weighted by atomic mass is 79.9. The molecule has 4 aromatic carbocycles. The molecule has 0 atom stereocenters. The number of nitrogen functional groups attached to an aromatic ring is 1. The number of piperazine rings is 2. The van der Waals surface area contributed by atoms with Gasteiger partial charge >= 0.3 is 0 Å². The summed E-state index contributed by atoms with van der Waals surface area (Å²) in [5.74, 6) is 1.61. The van der Waals surface area contributed by atoms with E-state index in [-0.39, 0.29) is 16.6 Å². The van der Waals surface area contributed by atoms with Crippen molar-refractivity contribution >= 4 is 148 Å². The Labute approximate surface area is 541 Å². The van der Waals surface area contributed by atoms with Crippen LogP contribution >= 0.6 is 46.1 Å². The highest BCUT2D eigenvalue weighted by Crippen LogP contribution is 2.43. The molecule has 90 heavy (non-hydrogen) atoms. The normalized spacial score (nSPS) is 16.9. The molecule has 7 N–H and O–H groups in total. The van der Waals surface area contributed by atoms with Crippen molar-refractivity contribution in [3.63, 3.8) is 0 Å². The Kier molecular flexibility index (Phi) is 21.3. The van der Waals surface area contributed by atoms with Crippen LogP contribution in [-0.4, -0.2) is 208 Å². The van der Waals surface area contributed by atoms with E-state index in [0.29, 0.717) is 94.0 Å². The number of nitrogens with zero attached hydrogens (tertiary/aromatic N) is 15. The maximum Gasteiger partial charge on any atom is 0.294 e. The predicted molar refractivity (Wildman–Crippen MR) is 371 cm³/mol. The molecular weight excluding hydrogens is 1310 g/mol. The third-order valence-corrected chi connectivity index (χ3v) is 20.9. The van der Waals surface area contributed by atoms with Crippen LogP contribution in [0.3, 0.4) is 0 Å². The summed E-state index contributed by atoms with van der Waals surface area (Å²) in [5.41, 5.74) is 14.1. The number of nitrogens with two attached hydrogens (primary N) is 1. The number of fused-ring (bicyclic) bond motifs is 2. The Morgan fingerprint density at radius 3 is 1.36 bits per heavy atom. The fourth-order valence-electron chi connectivity index (χ4n) is 12.1. The van der Waals surface area contributed by atoms with Crippen molar-refractivity contribution in [2.24, 2.45) is 0 Å². The number of halogens is 2. The molecule has 25 nitrogen and oxygen atoms in total. The molecule has 4 aliphatic rings. The van der Waals surface area contributed by atoms with Crippen molar-refractivity contribution in [1.82, 2.24) is 59.5 Å². The molecule has 0 spiro atoms. The number of anilines is 11. The lowest BCUT2D eigenvalue weighted by Gasteiger charge is -2.42. The predicted octanol–water partition coefficient (Wildman–Crippen LogP) is 9.37. The highest BCUT2D eigenvalue weighted by molar-refractivity contribution is 9.11. The Morgan fingerprint density at radius 1 is 0.544 bits per heavy atom. The minimum atomic E-state index is -2.78. The maximum atomic E-state index is 13.3. The molecular formula is C61H78Br2N20O5P2. The number of benzene rings is 4. The lowest BCUT2D eigenvalue weighted by atomic mass is 10.0. The van der Waals surface area contributed by atoms with E-state index in [1.165, 1.54) is 6.07 Å². The van der Waals surface area contributed by atoms with Crippen molar-refractivity contribution in [2.75, 3.05) is 163 Å². The van der Waals surface area contributed by atoms with Crippen molar-refractivity contribution in [3.8, 4) is 0 Å². The number of hydrogen-bond acceptors (Lipinski definition) is 24. The van der Waals surface area contributed by atoms with E-state index in [9.17, 15) is 19.2 Å². The van der Waals surface area contributed by atoms with Gasteiger partial charge in [-0.15, -0.1) is 0 Å². The number of aliphatic hydroxyl groups is 1. The van der Waals surface area contributed by atoms with E-state index < -0.39 is 14.3 Å². The van der Waals surface area contributed by atoms with Gasteiger partial charge < -0.3 is 60.8 Å². The molecule has 12 rings (SSSR count). The van der Waals surface area contributed by atoms with Crippen LogP contribution < -0.4 is 47.4 Å². The van der Waals surface area contributed by atoms with Crippen LogP contribution in [0, 0.1) is 10.1 Å². The molecule has 0 radical (unpaired) electrons. The molecule has 476 valence electrons. The van der Waals surface area contributed by atoms with Crippen LogP contribution in [0.4, 0.5) is 69.0 Å². The summed E-state index contributed by atoms with van der Waals surface area (Å²) in [7, 11) is -0.131. The first kappa shape index (κ1) is 65.9. The van der Waals surface area contributed by atoms with Gasteiger partial charge in [0.2, 0.25) is 11.9 Å². The van der Waals surface area contributed by atoms with Gasteiger partial charge in [-0.05, 0) is 153 Å². The number of hydrogen-bond donors (Lipinski definition) is 6. The van der Waals surface area contributed by atoms with Gasteiger partial charge in [0.25, 0.3) is 5.69 Å². The summed E-state index contributed by atoms with van der Waals surface area (Å²) in [4.78, 5) is 62.1. The zero-order valence-corrected chi connectivity index (χ0v) is 56.7. The lowest BCUT2D eigenvalue weighted by Crippen LogP contribution is -2.52. The Morgan fingerprint density at radius 2 is 0.944 bits per heavy atom. The summed E-state index contributed by atoms with van der Waals surface area (Å²) >= 11 is 7.05. The van der Waals surface area contributed by atoms with Crippen LogP contribution in [0.5, 0.6) is 0 Å². The number of aromatic nitrogens is 8. The Bertz CT molecular complexity index is 3950.